The zero-order valence-electron chi connectivity index (χ0n) is 10.1. The van der Waals surface area contributed by atoms with Gasteiger partial charge in [-0.1, -0.05) is 19.8 Å². The molecule has 0 spiro atoms. The Hall–Kier alpha value is -0.830. The molecule has 0 amide bonds. The van der Waals surface area contributed by atoms with Crippen molar-refractivity contribution in [1.29, 1.82) is 0 Å². The van der Waals surface area contributed by atoms with Gasteiger partial charge in [0, 0.05) is 25.4 Å². The zero-order chi connectivity index (χ0) is 11.4. The van der Waals surface area contributed by atoms with Crippen LogP contribution in [0, 0.1) is 5.92 Å². The molecule has 3 nitrogen and oxygen atoms in total. The van der Waals surface area contributed by atoms with E-state index in [0.29, 0.717) is 5.92 Å². The predicted molar refractivity (Wildman–Crippen MR) is 64.2 cm³/mol. The topological polar surface area (TPSA) is 38.0 Å². The third-order valence-electron chi connectivity index (χ3n) is 3.58. The fraction of sp³-hybridized carbons (Fsp3) is 0.769. The van der Waals surface area contributed by atoms with E-state index in [0.717, 1.165) is 38.1 Å². The van der Waals surface area contributed by atoms with Gasteiger partial charge in [-0.3, -0.25) is 0 Å². The molecule has 3 heteroatoms. The van der Waals surface area contributed by atoms with Gasteiger partial charge in [-0.2, -0.15) is 0 Å². The lowest BCUT2D eigenvalue weighted by atomic mass is 9.84. The molecule has 1 aliphatic carbocycles. The smallest absolute Gasteiger partial charge is 0.108 e. The van der Waals surface area contributed by atoms with Gasteiger partial charge in [0.25, 0.3) is 0 Å². The van der Waals surface area contributed by atoms with Crippen LogP contribution in [0.15, 0.2) is 12.4 Å². The van der Waals surface area contributed by atoms with Gasteiger partial charge < -0.3 is 9.67 Å². The summed E-state index contributed by atoms with van der Waals surface area (Å²) in [5.41, 5.74) is 0. The molecule has 1 saturated carbocycles. The Kier molecular flexibility index (Phi) is 3.99. The van der Waals surface area contributed by atoms with Crippen molar-refractivity contribution in [2.24, 2.45) is 5.92 Å². The van der Waals surface area contributed by atoms with Crippen LogP contribution in [0.4, 0.5) is 0 Å². The number of aryl methyl sites for hydroxylation is 1. The van der Waals surface area contributed by atoms with Gasteiger partial charge in [0.1, 0.15) is 5.82 Å². The molecule has 1 N–H and O–H groups in total. The summed E-state index contributed by atoms with van der Waals surface area (Å²) in [6, 6.07) is 0. The molecule has 0 bridgehead atoms. The van der Waals surface area contributed by atoms with Gasteiger partial charge in [0.15, 0.2) is 0 Å². The number of rotatable bonds is 4. The van der Waals surface area contributed by atoms with E-state index in [1.54, 1.807) is 0 Å². The van der Waals surface area contributed by atoms with Gasteiger partial charge >= 0.3 is 0 Å². The number of aliphatic hydroxyl groups is 1. The molecular weight excluding hydrogens is 200 g/mol. The second kappa shape index (κ2) is 5.48. The van der Waals surface area contributed by atoms with Gasteiger partial charge in [0.2, 0.25) is 0 Å². The number of hydrogen-bond donors (Lipinski definition) is 1. The third kappa shape index (κ3) is 2.64. The highest BCUT2D eigenvalue weighted by atomic mass is 16.3. The van der Waals surface area contributed by atoms with Gasteiger partial charge in [-0.05, 0) is 25.2 Å². The molecule has 90 valence electrons. The van der Waals surface area contributed by atoms with Crippen molar-refractivity contribution in [3.05, 3.63) is 18.2 Å². The summed E-state index contributed by atoms with van der Waals surface area (Å²) in [7, 11) is 0. The van der Waals surface area contributed by atoms with Crippen LogP contribution in [0.5, 0.6) is 0 Å². The van der Waals surface area contributed by atoms with Crippen molar-refractivity contribution in [2.45, 2.75) is 58.1 Å². The van der Waals surface area contributed by atoms with Gasteiger partial charge in [-0.15, -0.1) is 0 Å². The second-order valence-electron chi connectivity index (χ2n) is 4.85. The summed E-state index contributed by atoms with van der Waals surface area (Å²) in [4.78, 5) is 4.42. The predicted octanol–water partition coefficient (Wildman–Crippen LogP) is 2.39. The Labute approximate surface area is 97.5 Å². The minimum absolute atomic E-state index is 0.111. The number of hydrogen-bond acceptors (Lipinski definition) is 2. The fourth-order valence-electron chi connectivity index (χ4n) is 2.64. The van der Waals surface area contributed by atoms with Crippen LogP contribution in [-0.2, 0) is 13.0 Å². The zero-order valence-corrected chi connectivity index (χ0v) is 10.1. The Morgan fingerprint density at radius 3 is 3.00 bits per heavy atom. The highest BCUT2D eigenvalue weighted by Gasteiger charge is 2.24. The molecule has 1 fully saturated rings. The van der Waals surface area contributed by atoms with Crippen molar-refractivity contribution in [2.75, 3.05) is 0 Å². The van der Waals surface area contributed by atoms with E-state index in [4.69, 9.17) is 0 Å². The van der Waals surface area contributed by atoms with Crippen LogP contribution in [-0.4, -0.2) is 20.8 Å². The molecule has 0 aromatic carbocycles. The Morgan fingerprint density at radius 1 is 1.44 bits per heavy atom. The normalized spacial score (nSPS) is 25.9. The molecule has 1 aromatic rings. The molecule has 2 rings (SSSR count). The van der Waals surface area contributed by atoms with E-state index in [-0.39, 0.29) is 6.10 Å². The summed E-state index contributed by atoms with van der Waals surface area (Å²) < 4.78 is 2.22. The summed E-state index contributed by atoms with van der Waals surface area (Å²) >= 11 is 0. The molecule has 1 aromatic heterocycles. The van der Waals surface area contributed by atoms with Crippen LogP contribution in [0.25, 0.3) is 0 Å². The molecule has 0 saturated heterocycles. The Balaban J connectivity index is 1.99. The van der Waals surface area contributed by atoms with Crippen LogP contribution in [0.2, 0.25) is 0 Å². The first-order valence-corrected chi connectivity index (χ1v) is 6.49. The standard InChI is InChI=1S/C13H22N2O/c1-2-8-15-9-7-14-13(15)10-11-5-3-4-6-12(11)16/h7,9,11-12,16H,2-6,8,10H2,1H3. The average Bonchev–Trinajstić information content (AvgIpc) is 2.70. The Morgan fingerprint density at radius 2 is 2.25 bits per heavy atom. The van der Waals surface area contributed by atoms with E-state index in [2.05, 4.69) is 16.5 Å². The summed E-state index contributed by atoms with van der Waals surface area (Å²) in [5.74, 6) is 1.57. The average molecular weight is 222 g/mol. The molecule has 16 heavy (non-hydrogen) atoms. The van der Waals surface area contributed by atoms with Crippen molar-refractivity contribution in [1.82, 2.24) is 9.55 Å². The SMILES string of the molecule is CCCn1ccnc1CC1CCCCC1O. The minimum atomic E-state index is -0.111. The molecule has 1 aliphatic rings. The molecule has 0 aliphatic heterocycles. The van der Waals surface area contributed by atoms with E-state index in [9.17, 15) is 5.11 Å². The first-order valence-electron chi connectivity index (χ1n) is 6.49. The number of aromatic nitrogens is 2. The summed E-state index contributed by atoms with van der Waals surface area (Å²) in [6.45, 7) is 3.22. The van der Waals surface area contributed by atoms with E-state index < -0.39 is 0 Å². The third-order valence-corrected chi connectivity index (χ3v) is 3.58. The van der Waals surface area contributed by atoms with Crippen molar-refractivity contribution >= 4 is 0 Å². The highest BCUT2D eigenvalue weighted by Crippen LogP contribution is 2.27. The lowest BCUT2D eigenvalue weighted by molar-refractivity contribution is 0.0685. The van der Waals surface area contributed by atoms with E-state index >= 15 is 0 Å². The molecule has 2 unspecified atom stereocenters. The molecular formula is C13H22N2O. The summed E-state index contributed by atoms with van der Waals surface area (Å²) in [6.07, 6.45) is 10.5. The lowest BCUT2D eigenvalue weighted by Gasteiger charge is -2.27. The minimum Gasteiger partial charge on any atom is -0.393 e. The van der Waals surface area contributed by atoms with Gasteiger partial charge in [0.05, 0.1) is 6.10 Å². The molecule has 1 heterocycles. The maximum Gasteiger partial charge on any atom is 0.108 e. The molecule has 2 atom stereocenters. The van der Waals surface area contributed by atoms with Crippen LogP contribution < -0.4 is 0 Å². The second-order valence-corrected chi connectivity index (χ2v) is 4.85. The largest absolute Gasteiger partial charge is 0.393 e. The highest BCUT2D eigenvalue weighted by molar-refractivity contribution is 4.95. The van der Waals surface area contributed by atoms with Crippen molar-refractivity contribution in [3.63, 3.8) is 0 Å². The van der Waals surface area contributed by atoms with Crippen LogP contribution in [0.3, 0.4) is 0 Å². The molecule has 0 radical (unpaired) electrons. The van der Waals surface area contributed by atoms with Crippen molar-refractivity contribution in [3.8, 4) is 0 Å². The van der Waals surface area contributed by atoms with Crippen LogP contribution in [0.1, 0.15) is 44.9 Å². The number of nitrogens with zero attached hydrogens (tertiary/aromatic N) is 2. The van der Waals surface area contributed by atoms with Gasteiger partial charge in [-0.25, -0.2) is 4.98 Å². The monoisotopic (exact) mass is 222 g/mol. The van der Waals surface area contributed by atoms with E-state index in [1.807, 2.05) is 12.4 Å². The summed E-state index contributed by atoms with van der Waals surface area (Å²) in [5, 5.41) is 9.95. The van der Waals surface area contributed by atoms with E-state index in [1.165, 1.54) is 12.8 Å². The number of aliphatic hydroxyl groups excluding tert-OH is 1. The first-order chi connectivity index (χ1) is 7.81. The fourth-order valence-corrected chi connectivity index (χ4v) is 2.64. The first kappa shape index (κ1) is 11.6. The number of imidazole rings is 1. The quantitative estimate of drug-likeness (QED) is 0.849. The maximum absolute atomic E-state index is 9.95. The maximum atomic E-state index is 9.95. The van der Waals surface area contributed by atoms with Crippen molar-refractivity contribution < 1.29 is 5.11 Å². The lowest BCUT2D eigenvalue weighted by Crippen LogP contribution is -2.27. The Bertz CT molecular complexity index is 321. The van der Waals surface area contributed by atoms with Crippen LogP contribution >= 0.6 is 0 Å².